The molecule has 0 bridgehead atoms. The van der Waals surface area contributed by atoms with Gasteiger partial charge in [0.15, 0.2) is 17.5 Å². The largest absolute Gasteiger partial charge is 0.494 e. The Bertz CT molecular complexity index is 814. The molecule has 0 aliphatic carbocycles. The molecule has 7 heteroatoms. The Kier molecular flexibility index (Phi) is 6.40. The molecule has 1 heterocycles. The van der Waals surface area contributed by atoms with Crippen LogP contribution >= 0.6 is 11.6 Å². The van der Waals surface area contributed by atoms with Crippen LogP contribution in [-0.4, -0.2) is 39.2 Å². The summed E-state index contributed by atoms with van der Waals surface area (Å²) in [4.78, 5) is 6.57. The van der Waals surface area contributed by atoms with Crippen LogP contribution in [0.25, 0.3) is 0 Å². The predicted octanol–water partition coefficient (Wildman–Crippen LogP) is 3.43. The molecule has 1 aliphatic heterocycles. The molecule has 1 saturated heterocycles. The number of halogens is 2. The van der Waals surface area contributed by atoms with Crippen LogP contribution in [0.3, 0.4) is 0 Å². The highest BCUT2D eigenvalue weighted by Crippen LogP contribution is 2.23. The maximum Gasteiger partial charge on any atom is 0.191 e. The molecule has 0 saturated carbocycles. The van der Waals surface area contributed by atoms with Gasteiger partial charge in [-0.05, 0) is 42.3 Å². The molecular formula is C20H24ClFN4O. The summed E-state index contributed by atoms with van der Waals surface area (Å²) in [5.41, 5.74) is 1.95. The van der Waals surface area contributed by atoms with Gasteiger partial charge in [0.2, 0.25) is 0 Å². The van der Waals surface area contributed by atoms with Gasteiger partial charge in [-0.1, -0.05) is 23.7 Å². The van der Waals surface area contributed by atoms with Gasteiger partial charge in [-0.2, -0.15) is 0 Å². The predicted molar refractivity (Wildman–Crippen MR) is 108 cm³/mol. The minimum atomic E-state index is -0.368. The number of nitrogens with one attached hydrogen (secondary N) is 2. The summed E-state index contributed by atoms with van der Waals surface area (Å²) in [5, 5.41) is 7.41. The highest BCUT2D eigenvalue weighted by molar-refractivity contribution is 6.30. The Labute approximate surface area is 164 Å². The first-order valence-electron chi connectivity index (χ1n) is 8.89. The van der Waals surface area contributed by atoms with Gasteiger partial charge in [-0.3, -0.25) is 4.99 Å². The van der Waals surface area contributed by atoms with Gasteiger partial charge in [-0.25, -0.2) is 4.39 Å². The maximum atomic E-state index is 13.8. The summed E-state index contributed by atoms with van der Waals surface area (Å²) in [5.74, 6) is 0.574. The SMILES string of the molecule is CN=C(NCc1ccc(OC)c(F)c1)NC1CCN(c2cccc(Cl)c2)C1. The Morgan fingerprint density at radius 2 is 2.19 bits per heavy atom. The smallest absolute Gasteiger partial charge is 0.191 e. The normalized spacial score (nSPS) is 17.1. The van der Waals surface area contributed by atoms with Gasteiger partial charge in [-0.15, -0.1) is 0 Å². The highest BCUT2D eigenvalue weighted by Gasteiger charge is 2.23. The van der Waals surface area contributed by atoms with E-state index >= 15 is 0 Å². The molecule has 0 amide bonds. The zero-order valence-electron chi connectivity index (χ0n) is 15.5. The lowest BCUT2D eigenvalue weighted by Crippen LogP contribution is -2.44. The Morgan fingerprint density at radius 3 is 2.89 bits per heavy atom. The second-order valence-electron chi connectivity index (χ2n) is 6.45. The van der Waals surface area contributed by atoms with Crippen molar-refractivity contribution in [3.63, 3.8) is 0 Å². The fourth-order valence-corrected chi connectivity index (χ4v) is 3.36. The topological polar surface area (TPSA) is 48.9 Å². The Hall–Kier alpha value is -2.47. The fourth-order valence-electron chi connectivity index (χ4n) is 3.18. The number of nitrogens with zero attached hydrogens (tertiary/aromatic N) is 2. The van der Waals surface area contributed by atoms with Gasteiger partial charge in [0.1, 0.15) is 0 Å². The van der Waals surface area contributed by atoms with Crippen LogP contribution in [0.5, 0.6) is 5.75 Å². The Morgan fingerprint density at radius 1 is 1.33 bits per heavy atom. The monoisotopic (exact) mass is 390 g/mol. The zero-order chi connectivity index (χ0) is 19.2. The van der Waals surface area contributed by atoms with Crippen molar-refractivity contribution in [3.05, 3.63) is 58.9 Å². The molecule has 0 aromatic heterocycles. The van der Waals surface area contributed by atoms with E-state index in [1.807, 2.05) is 24.3 Å². The van der Waals surface area contributed by atoms with Gasteiger partial charge < -0.3 is 20.3 Å². The van der Waals surface area contributed by atoms with Crippen molar-refractivity contribution < 1.29 is 9.13 Å². The third-order valence-electron chi connectivity index (χ3n) is 4.60. The maximum absolute atomic E-state index is 13.8. The summed E-state index contributed by atoms with van der Waals surface area (Å²) in [6, 6.07) is 13.1. The molecule has 144 valence electrons. The van der Waals surface area contributed by atoms with Crippen molar-refractivity contribution in [2.75, 3.05) is 32.1 Å². The van der Waals surface area contributed by atoms with Crippen LogP contribution in [0.15, 0.2) is 47.5 Å². The second kappa shape index (κ2) is 8.95. The van der Waals surface area contributed by atoms with Crippen molar-refractivity contribution >= 4 is 23.2 Å². The number of hydrogen-bond acceptors (Lipinski definition) is 3. The zero-order valence-corrected chi connectivity index (χ0v) is 16.3. The van der Waals surface area contributed by atoms with E-state index in [4.69, 9.17) is 16.3 Å². The quantitative estimate of drug-likeness (QED) is 0.606. The summed E-state index contributed by atoms with van der Waals surface area (Å²) in [6.07, 6.45) is 1.00. The molecule has 2 aromatic rings. The first-order chi connectivity index (χ1) is 13.1. The van der Waals surface area contributed by atoms with Crippen molar-refractivity contribution in [1.29, 1.82) is 0 Å². The van der Waals surface area contributed by atoms with E-state index in [1.54, 1.807) is 13.1 Å². The highest BCUT2D eigenvalue weighted by atomic mass is 35.5. The second-order valence-corrected chi connectivity index (χ2v) is 6.89. The van der Waals surface area contributed by atoms with Gasteiger partial charge in [0.25, 0.3) is 0 Å². The van der Waals surface area contributed by atoms with Crippen LogP contribution < -0.4 is 20.3 Å². The molecule has 1 unspecified atom stereocenters. The van der Waals surface area contributed by atoms with Crippen LogP contribution in [0.4, 0.5) is 10.1 Å². The summed E-state index contributed by atoms with van der Waals surface area (Å²) >= 11 is 6.09. The molecular weight excluding hydrogens is 367 g/mol. The van der Waals surface area contributed by atoms with E-state index in [0.717, 1.165) is 35.8 Å². The first-order valence-corrected chi connectivity index (χ1v) is 9.27. The van der Waals surface area contributed by atoms with Crippen LogP contribution in [0, 0.1) is 5.82 Å². The van der Waals surface area contributed by atoms with E-state index in [9.17, 15) is 4.39 Å². The number of hydrogen-bond donors (Lipinski definition) is 2. The lowest BCUT2D eigenvalue weighted by Gasteiger charge is -2.20. The molecule has 1 fully saturated rings. The third-order valence-corrected chi connectivity index (χ3v) is 4.84. The van der Waals surface area contributed by atoms with Gasteiger partial charge in [0.05, 0.1) is 7.11 Å². The van der Waals surface area contributed by atoms with E-state index in [-0.39, 0.29) is 17.6 Å². The first kappa shape index (κ1) is 19.3. The fraction of sp³-hybridized carbons (Fsp3) is 0.350. The molecule has 2 N–H and O–H groups in total. The van der Waals surface area contributed by atoms with Crippen LogP contribution in [0.2, 0.25) is 5.02 Å². The van der Waals surface area contributed by atoms with E-state index in [1.165, 1.54) is 13.2 Å². The van der Waals surface area contributed by atoms with E-state index in [2.05, 4.69) is 26.6 Å². The lowest BCUT2D eigenvalue weighted by molar-refractivity contribution is 0.386. The number of methoxy groups -OCH3 is 1. The molecule has 3 rings (SSSR count). The number of ether oxygens (including phenoxy) is 1. The molecule has 27 heavy (non-hydrogen) atoms. The molecule has 1 aliphatic rings. The number of rotatable bonds is 5. The number of anilines is 1. The van der Waals surface area contributed by atoms with Gasteiger partial charge >= 0.3 is 0 Å². The van der Waals surface area contributed by atoms with Crippen molar-refractivity contribution in [2.24, 2.45) is 4.99 Å². The lowest BCUT2D eigenvalue weighted by atomic mass is 10.2. The van der Waals surface area contributed by atoms with Gasteiger partial charge in [0, 0.05) is 43.4 Å². The van der Waals surface area contributed by atoms with Crippen LogP contribution in [0.1, 0.15) is 12.0 Å². The summed E-state index contributed by atoms with van der Waals surface area (Å²) in [7, 11) is 3.18. The minimum absolute atomic E-state index is 0.244. The van der Waals surface area contributed by atoms with E-state index < -0.39 is 0 Å². The molecule has 0 radical (unpaired) electrons. The van der Waals surface area contributed by atoms with Crippen molar-refractivity contribution in [3.8, 4) is 5.75 Å². The molecule has 2 aromatic carbocycles. The number of guanidine groups is 1. The minimum Gasteiger partial charge on any atom is -0.494 e. The average molecular weight is 391 g/mol. The molecule has 0 spiro atoms. The van der Waals surface area contributed by atoms with E-state index in [0.29, 0.717) is 12.5 Å². The molecule has 5 nitrogen and oxygen atoms in total. The average Bonchev–Trinajstić information content (AvgIpc) is 3.14. The standard InChI is InChI=1S/C20H24ClFN4O/c1-23-20(24-12-14-6-7-19(27-2)18(22)10-14)25-16-8-9-26(13-16)17-5-3-4-15(21)11-17/h3-7,10-11,16H,8-9,12-13H2,1-2H3,(H2,23,24,25). The van der Waals surface area contributed by atoms with Crippen molar-refractivity contribution in [2.45, 2.75) is 19.0 Å². The summed E-state index contributed by atoms with van der Waals surface area (Å²) in [6.45, 7) is 2.31. The number of benzene rings is 2. The Balaban J connectivity index is 1.53. The third kappa shape index (κ3) is 5.04. The number of aliphatic imine (C=N–C) groups is 1. The van der Waals surface area contributed by atoms with Crippen LogP contribution in [-0.2, 0) is 6.54 Å². The van der Waals surface area contributed by atoms with Crippen molar-refractivity contribution in [1.82, 2.24) is 10.6 Å². The molecule has 1 atom stereocenters. The summed E-state index contributed by atoms with van der Waals surface area (Å²) < 4.78 is 18.7.